The summed E-state index contributed by atoms with van der Waals surface area (Å²) in [6.45, 7) is 14.8. The van der Waals surface area contributed by atoms with Gasteiger partial charge in [0.2, 0.25) is 11.8 Å². The maximum absolute atomic E-state index is 12.8. The lowest BCUT2D eigenvalue weighted by Gasteiger charge is -2.19. The fraction of sp³-hybridized carbons (Fsp3) is 0.939. The van der Waals surface area contributed by atoms with Crippen LogP contribution in [-0.2, 0) is 28.7 Å². The maximum Gasteiger partial charge on any atom is 0.308 e. The van der Waals surface area contributed by atoms with Crippen molar-refractivity contribution in [1.82, 2.24) is 10.6 Å². The van der Waals surface area contributed by atoms with E-state index in [1.54, 1.807) is 0 Å². The van der Waals surface area contributed by atoms with Crippen LogP contribution in [0.4, 0.5) is 0 Å². The van der Waals surface area contributed by atoms with Crippen molar-refractivity contribution in [2.45, 2.75) is 387 Å². The lowest BCUT2D eigenvalue weighted by atomic mass is 10.0. The van der Waals surface area contributed by atoms with E-state index in [0.29, 0.717) is 25.7 Å². The van der Waals surface area contributed by atoms with E-state index in [9.17, 15) is 19.2 Å². The van der Waals surface area contributed by atoms with Crippen LogP contribution in [-0.4, -0.2) is 55.5 Å². The van der Waals surface area contributed by atoms with Crippen LogP contribution in [0.5, 0.6) is 0 Å². The molecule has 0 fully saturated rings. The number of ether oxygens (including phenoxy) is 2. The summed E-state index contributed by atoms with van der Waals surface area (Å²) in [5, 5.41) is 5.62. The van der Waals surface area contributed by atoms with E-state index in [-0.39, 0.29) is 36.4 Å². The smallest absolute Gasteiger partial charge is 0.308 e. The van der Waals surface area contributed by atoms with Crippen molar-refractivity contribution >= 4 is 24.1 Å². The Morgan fingerprint density at radius 1 is 0.419 bits per heavy atom. The summed E-state index contributed by atoms with van der Waals surface area (Å²) in [5.74, 6) is -0.420. The second-order valence-electron chi connectivity index (χ2n) is 22.6. The zero-order valence-corrected chi connectivity index (χ0v) is 50.7. The molecule has 0 heterocycles. The highest BCUT2D eigenvalue weighted by atomic mass is 16.5. The van der Waals surface area contributed by atoms with E-state index in [1.165, 1.54) is 263 Å². The van der Waals surface area contributed by atoms with Gasteiger partial charge >= 0.3 is 5.97 Å². The van der Waals surface area contributed by atoms with Gasteiger partial charge in [0.1, 0.15) is 12.3 Å². The van der Waals surface area contributed by atoms with Crippen LogP contribution in [0.2, 0.25) is 0 Å². The summed E-state index contributed by atoms with van der Waals surface area (Å²) in [6, 6.07) is -0.739. The largest absolute Gasteiger partial charge is 0.463 e. The lowest BCUT2D eigenvalue weighted by molar-refractivity contribution is -0.152. The van der Waals surface area contributed by atoms with E-state index in [0.717, 1.165) is 51.6 Å². The Bertz CT molecular complexity index is 1150. The third kappa shape index (κ3) is 59.3. The molecular weight excluding hydrogens is 917 g/mol. The van der Waals surface area contributed by atoms with Gasteiger partial charge in [0.25, 0.3) is 0 Å². The van der Waals surface area contributed by atoms with Crippen molar-refractivity contribution < 1.29 is 28.7 Å². The van der Waals surface area contributed by atoms with Gasteiger partial charge in [-0.25, -0.2) is 0 Å². The molecule has 8 nitrogen and oxygen atoms in total. The summed E-state index contributed by atoms with van der Waals surface area (Å²) < 4.78 is 12.1. The Labute approximate surface area is 461 Å². The van der Waals surface area contributed by atoms with Gasteiger partial charge in [0.05, 0.1) is 18.6 Å². The highest BCUT2D eigenvalue weighted by molar-refractivity contribution is 5.89. The third-order valence-corrected chi connectivity index (χ3v) is 15.0. The van der Waals surface area contributed by atoms with Gasteiger partial charge in [-0.1, -0.05) is 304 Å². The normalized spacial score (nSPS) is 12.5. The Hall–Kier alpha value is -1.96. The van der Waals surface area contributed by atoms with Gasteiger partial charge in [-0.05, 0) is 45.4 Å². The first-order chi connectivity index (χ1) is 36.3. The minimum atomic E-state index is -0.739. The highest BCUT2D eigenvalue weighted by Crippen LogP contribution is 2.19. The van der Waals surface area contributed by atoms with Crippen LogP contribution in [0.3, 0.4) is 0 Å². The molecule has 0 saturated carbocycles. The van der Waals surface area contributed by atoms with Crippen molar-refractivity contribution in [1.29, 1.82) is 0 Å². The molecule has 0 aromatic heterocycles. The Balaban J connectivity index is 0. The number of rotatable bonds is 59. The van der Waals surface area contributed by atoms with E-state index in [4.69, 9.17) is 9.47 Å². The molecule has 0 radical (unpaired) electrons. The zero-order chi connectivity index (χ0) is 54.5. The molecule has 0 aliphatic heterocycles. The molecule has 0 aliphatic rings. The van der Waals surface area contributed by atoms with Crippen molar-refractivity contribution in [2.75, 3.05) is 13.2 Å². The first kappa shape index (κ1) is 74.1. The van der Waals surface area contributed by atoms with Crippen LogP contribution in [0.15, 0.2) is 0 Å². The molecule has 3 unspecified atom stereocenters. The topological polar surface area (TPSA) is 111 Å². The fourth-order valence-corrected chi connectivity index (χ4v) is 9.99. The zero-order valence-electron chi connectivity index (χ0n) is 50.7. The molecule has 2 amide bonds. The van der Waals surface area contributed by atoms with Crippen LogP contribution in [0.25, 0.3) is 0 Å². The number of carbonyl (C=O) groups excluding carboxylic acids is 4. The Kier molecular flexibility index (Phi) is 63.7. The molecule has 0 saturated heterocycles. The molecule has 0 aromatic rings. The standard InChI is InChI=1S/C39H78O3.C27H52N2O3/c1-5-8-11-14-17-20-23-26-29-32-35-41-38(34-31-28-25-22-19-16-13-10-7-3)36-39(40)42-37(4)33-30-27-24-21-18-15-12-9-6-2;1-3-5-7-9-11-12-13-14-15-17-19-21-26(31)29-25(22-24-30)27(32)28-23-20-18-16-10-8-6-4-2/h37-38H,5-36H2,1-4H3;24-25H,3-23H2,1-2H3,(H,28,32)(H,29,31). The van der Waals surface area contributed by atoms with Gasteiger partial charge in [-0.3, -0.25) is 14.4 Å². The molecular formula is C66H130N2O6. The predicted molar refractivity (Wildman–Crippen MR) is 320 cm³/mol. The van der Waals surface area contributed by atoms with E-state index >= 15 is 0 Å². The van der Waals surface area contributed by atoms with Crippen LogP contribution in [0, 0.1) is 0 Å². The highest BCUT2D eigenvalue weighted by Gasteiger charge is 2.20. The molecule has 0 aromatic carbocycles. The first-order valence-corrected chi connectivity index (χ1v) is 33.1. The molecule has 0 aliphatic carbocycles. The van der Waals surface area contributed by atoms with E-state index in [2.05, 4.69) is 52.2 Å². The molecule has 74 heavy (non-hydrogen) atoms. The molecule has 440 valence electrons. The second kappa shape index (κ2) is 63.6. The summed E-state index contributed by atoms with van der Waals surface area (Å²) >= 11 is 0. The van der Waals surface area contributed by atoms with E-state index < -0.39 is 6.04 Å². The van der Waals surface area contributed by atoms with Crippen molar-refractivity contribution in [3.05, 3.63) is 0 Å². The molecule has 2 N–H and O–H groups in total. The van der Waals surface area contributed by atoms with Crippen molar-refractivity contribution in [3.8, 4) is 0 Å². The lowest BCUT2D eigenvalue weighted by Crippen LogP contribution is -2.47. The molecule has 0 rings (SSSR count). The molecule has 0 spiro atoms. The number of aldehydes is 1. The molecule has 8 heteroatoms. The molecule has 3 atom stereocenters. The summed E-state index contributed by atoms with van der Waals surface area (Å²) in [6.07, 6.45) is 62.9. The fourth-order valence-electron chi connectivity index (χ4n) is 9.99. The van der Waals surface area contributed by atoms with Gasteiger partial charge in [0, 0.05) is 26.0 Å². The number of carbonyl (C=O) groups is 4. The minimum Gasteiger partial charge on any atom is -0.463 e. The summed E-state index contributed by atoms with van der Waals surface area (Å²) in [4.78, 5) is 48.2. The van der Waals surface area contributed by atoms with Crippen molar-refractivity contribution in [3.63, 3.8) is 0 Å². The number of nitrogens with one attached hydrogen (secondary N) is 2. The van der Waals surface area contributed by atoms with Crippen LogP contribution in [0.1, 0.15) is 369 Å². The quantitative estimate of drug-likeness (QED) is 0.0357. The summed E-state index contributed by atoms with van der Waals surface area (Å²) in [7, 11) is 0. The average Bonchev–Trinajstić information content (AvgIpc) is 3.39. The average molecular weight is 1050 g/mol. The number of hydrogen-bond acceptors (Lipinski definition) is 6. The third-order valence-electron chi connectivity index (χ3n) is 15.0. The monoisotopic (exact) mass is 1050 g/mol. The Morgan fingerprint density at radius 2 is 0.757 bits per heavy atom. The molecule has 0 bridgehead atoms. The van der Waals surface area contributed by atoms with Crippen molar-refractivity contribution in [2.24, 2.45) is 0 Å². The van der Waals surface area contributed by atoms with Gasteiger partial charge < -0.3 is 24.9 Å². The van der Waals surface area contributed by atoms with Crippen LogP contribution < -0.4 is 10.6 Å². The number of amides is 2. The van der Waals surface area contributed by atoms with E-state index in [1.807, 2.05) is 0 Å². The van der Waals surface area contributed by atoms with Gasteiger partial charge in [-0.15, -0.1) is 0 Å². The number of esters is 1. The predicted octanol–water partition coefficient (Wildman–Crippen LogP) is 20.1. The number of hydrogen-bond donors (Lipinski definition) is 2. The minimum absolute atomic E-state index is 0.0254. The maximum atomic E-state index is 12.8. The van der Waals surface area contributed by atoms with Gasteiger partial charge in [0.15, 0.2) is 0 Å². The first-order valence-electron chi connectivity index (χ1n) is 33.1. The SMILES string of the molecule is CCCCCCCCCCCCCC(=O)NC(CC=O)C(=O)NCCCCCCCCC.CCCCCCCCCCCCOC(CCCCCCCCCCC)CC(=O)OC(C)CCCCCCCCCCC. The summed E-state index contributed by atoms with van der Waals surface area (Å²) in [5.41, 5.74) is 0. The second-order valence-corrected chi connectivity index (χ2v) is 22.6. The Morgan fingerprint density at radius 3 is 1.15 bits per heavy atom. The van der Waals surface area contributed by atoms with Gasteiger partial charge in [-0.2, -0.15) is 0 Å². The number of unbranched alkanes of at least 4 members (excludes halogenated alkanes) is 41. The van der Waals surface area contributed by atoms with Crippen LogP contribution >= 0.6 is 0 Å².